The summed E-state index contributed by atoms with van der Waals surface area (Å²) < 4.78 is 16.4. The van der Waals surface area contributed by atoms with Gasteiger partial charge in [0.15, 0.2) is 6.61 Å². The Kier molecular flexibility index (Phi) is 9.99. The van der Waals surface area contributed by atoms with Gasteiger partial charge in [-0.15, -0.1) is 0 Å². The molecule has 204 valence electrons. The molecule has 0 fully saturated rings. The molecule has 2 amide bonds. The number of hydrogen-bond donors (Lipinski definition) is 2. The van der Waals surface area contributed by atoms with Crippen molar-refractivity contribution >= 4 is 52.4 Å². The summed E-state index contributed by atoms with van der Waals surface area (Å²) in [6.45, 7) is -0.470. The Bertz CT molecular complexity index is 1460. The number of nitrogens with one attached hydrogen (secondary N) is 2. The first-order chi connectivity index (χ1) is 19.3. The molecule has 4 aromatic rings. The Morgan fingerprint density at radius 3 is 1.82 bits per heavy atom. The monoisotopic (exact) mass is 578 g/mol. The fraction of sp³-hybridized carbons (Fsp3) is 0.100. The predicted octanol–water partition coefficient (Wildman–Crippen LogP) is 7.48. The van der Waals surface area contributed by atoms with E-state index in [0.29, 0.717) is 44.4 Å². The van der Waals surface area contributed by atoms with Crippen molar-refractivity contribution in [2.75, 3.05) is 17.2 Å². The lowest BCUT2D eigenvalue weighted by molar-refractivity contribution is -0.147. The second-order valence-corrected chi connectivity index (χ2v) is 9.24. The number of esters is 1. The zero-order valence-electron chi connectivity index (χ0n) is 21.1. The lowest BCUT2D eigenvalue weighted by atomic mass is 10.2. The average molecular weight is 579 g/mol. The molecule has 0 aromatic heterocycles. The molecule has 0 bridgehead atoms. The van der Waals surface area contributed by atoms with Crippen LogP contribution in [-0.2, 0) is 19.1 Å². The maximum Gasteiger partial charge on any atom is 0.306 e. The van der Waals surface area contributed by atoms with Gasteiger partial charge < -0.3 is 24.8 Å². The molecule has 0 aliphatic rings. The molecule has 40 heavy (non-hydrogen) atoms. The molecule has 10 heteroatoms. The zero-order valence-corrected chi connectivity index (χ0v) is 22.6. The molecule has 0 atom stereocenters. The third-order valence-corrected chi connectivity index (χ3v) is 5.83. The summed E-state index contributed by atoms with van der Waals surface area (Å²) in [5.41, 5.74) is 1.04. The van der Waals surface area contributed by atoms with Crippen molar-refractivity contribution < 1.29 is 28.6 Å². The van der Waals surface area contributed by atoms with Crippen molar-refractivity contribution in [3.05, 3.63) is 107 Å². The van der Waals surface area contributed by atoms with Gasteiger partial charge in [0.2, 0.25) is 5.91 Å². The smallest absolute Gasteiger partial charge is 0.306 e. The van der Waals surface area contributed by atoms with Gasteiger partial charge in [-0.3, -0.25) is 14.4 Å². The molecule has 0 aliphatic carbocycles. The molecule has 0 radical (unpaired) electrons. The summed E-state index contributed by atoms with van der Waals surface area (Å²) in [6.07, 6.45) is -0.289. The van der Waals surface area contributed by atoms with Crippen LogP contribution in [0.15, 0.2) is 97.1 Å². The minimum Gasteiger partial charge on any atom is -0.457 e. The number of ether oxygens (including phenoxy) is 3. The van der Waals surface area contributed by atoms with Crippen molar-refractivity contribution in [1.82, 2.24) is 0 Å². The molecule has 0 spiro atoms. The van der Waals surface area contributed by atoms with E-state index in [2.05, 4.69) is 10.6 Å². The standard InChI is InChI=1S/C30H24Cl2N2O6/c31-20-6-15-27(26(32)18-20)40-25-13-9-21(10-14-25)33-28(35)16-17-30(37)38-19-29(36)34-22-7-11-24(12-8-22)39-23-4-2-1-3-5-23/h1-15,18H,16-17,19H2,(H,33,35)(H,34,36). The highest BCUT2D eigenvalue weighted by Crippen LogP contribution is 2.32. The van der Waals surface area contributed by atoms with Crippen LogP contribution < -0.4 is 20.1 Å². The highest BCUT2D eigenvalue weighted by Gasteiger charge is 2.12. The van der Waals surface area contributed by atoms with Gasteiger partial charge in [0.05, 0.1) is 11.4 Å². The molecule has 2 N–H and O–H groups in total. The van der Waals surface area contributed by atoms with Gasteiger partial charge in [0, 0.05) is 22.8 Å². The topological polar surface area (TPSA) is 103 Å². The fourth-order valence-corrected chi connectivity index (χ4v) is 3.82. The first kappa shape index (κ1) is 28.5. The Morgan fingerprint density at radius 2 is 1.20 bits per heavy atom. The summed E-state index contributed by atoms with van der Waals surface area (Å²) in [6, 6.07) is 27.6. The van der Waals surface area contributed by atoms with E-state index in [9.17, 15) is 14.4 Å². The van der Waals surface area contributed by atoms with Crippen molar-refractivity contribution in [2.24, 2.45) is 0 Å². The summed E-state index contributed by atoms with van der Waals surface area (Å²) in [5.74, 6) is 0.720. The lowest BCUT2D eigenvalue weighted by Gasteiger charge is -2.10. The van der Waals surface area contributed by atoms with Gasteiger partial charge in [-0.1, -0.05) is 41.4 Å². The van der Waals surface area contributed by atoms with Crippen LogP contribution in [0, 0.1) is 0 Å². The van der Waals surface area contributed by atoms with Crippen LogP contribution in [0.5, 0.6) is 23.0 Å². The van der Waals surface area contributed by atoms with E-state index in [4.69, 9.17) is 37.4 Å². The predicted molar refractivity (Wildman–Crippen MR) is 153 cm³/mol. The number of hydrogen-bond acceptors (Lipinski definition) is 6. The molecule has 4 aromatic carbocycles. The van der Waals surface area contributed by atoms with Crippen LogP contribution >= 0.6 is 23.2 Å². The van der Waals surface area contributed by atoms with E-state index >= 15 is 0 Å². The van der Waals surface area contributed by atoms with E-state index in [1.807, 2.05) is 30.3 Å². The average Bonchev–Trinajstić information content (AvgIpc) is 2.95. The highest BCUT2D eigenvalue weighted by molar-refractivity contribution is 6.35. The second kappa shape index (κ2) is 14.0. The zero-order chi connectivity index (χ0) is 28.3. The first-order valence-corrected chi connectivity index (χ1v) is 12.9. The molecule has 0 unspecified atom stereocenters. The molecule has 0 saturated carbocycles. The maximum absolute atomic E-state index is 12.2. The molecule has 0 saturated heterocycles. The van der Waals surface area contributed by atoms with E-state index in [1.165, 1.54) is 0 Å². The van der Waals surface area contributed by atoms with Gasteiger partial charge in [-0.25, -0.2) is 0 Å². The van der Waals surface area contributed by atoms with Gasteiger partial charge in [-0.05, 0) is 78.9 Å². The number of amides is 2. The number of carbonyl (C=O) groups is 3. The van der Waals surface area contributed by atoms with Crippen molar-refractivity contribution in [2.45, 2.75) is 12.8 Å². The van der Waals surface area contributed by atoms with E-state index in [1.54, 1.807) is 66.7 Å². The minimum atomic E-state index is -0.666. The summed E-state index contributed by atoms with van der Waals surface area (Å²) in [4.78, 5) is 36.4. The number of anilines is 2. The van der Waals surface area contributed by atoms with Crippen LogP contribution in [0.1, 0.15) is 12.8 Å². The van der Waals surface area contributed by atoms with Crippen LogP contribution in [0.4, 0.5) is 11.4 Å². The largest absolute Gasteiger partial charge is 0.457 e. The quantitative estimate of drug-likeness (QED) is 0.179. The van der Waals surface area contributed by atoms with E-state index in [-0.39, 0.29) is 18.7 Å². The lowest BCUT2D eigenvalue weighted by Crippen LogP contribution is -2.21. The number of benzene rings is 4. The Labute approximate surface area is 240 Å². The number of halogens is 2. The van der Waals surface area contributed by atoms with Crippen LogP contribution in [0.3, 0.4) is 0 Å². The van der Waals surface area contributed by atoms with Crippen molar-refractivity contribution in [3.63, 3.8) is 0 Å². The maximum atomic E-state index is 12.2. The van der Waals surface area contributed by atoms with E-state index < -0.39 is 18.5 Å². The molecule has 0 aliphatic heterocycles. The van der Waals surface area contributed by atoms with E-state index in [0.717, 1.165) is 0 Å². The van der Waals surface area contributed by atoms with Crippen LogP contribution in [-0.4, -0.2) is 24.4 Å². The third kappa shape index (κ3) is 9.04. The fourth-order valence-electron chi connectivity index (χ4n) is 3.38. The van der Waals surface area contributed by atoms with Gasteiger partial charge >= 0.3 is 5.97 Å². The first-order valence-electron chi connectivity index (χ1n) is 12.2. The van der Waals surface area contributed by atoms with Crippen LogP contribution in [0.25, 0.3) is 0 Å². The van der Waals surface area contributed by atoms with Gasteiger partial charge in [-0.2, -0.15) is 0 Å². The second-order valence-electron chi connectivity index (χ2n) is 8.40. The number of carbonyl (C=O) groups excluding carboxylic acids is 3. The molecular weight excluding hydrogens is 555 g/mol. The van der Waals surface area contributed by atoms with Crippen molar-refractivity contribution in [3.8, 4) is 23.0 Å². The molecule has 8 nitrogen and oxygen atoms in total. The Balaban J connectivity index is 1.14. The Morgan fingerprint density at radius 1 is 0.625 bits per heavy atom. The highest BCUT2D eigenvalue weighted by atomic mass is 35.5. The third-order valence-electron chi connectivity index (χ3n) is 5.30. The molecular formula is C30H24Cl2N2O6. The summed E-state index contributed by atoms with van der Waals surface area (Å²) in [5, 5.41) is 6.20. The summed E-state index contributed by atoms with van der Waals surface area (Å²) in [7, 11) is 0. The number of rotatable bonds is 11. The van der Waals surface area contributed by atoms with Gasteiger partial charge in [0.25, 0.3) is 5.91 Å². The normalized spacial score (nSPS) is 10.3. The molecule has 0 heterocycles. The number of para-hydroxylation sites is 1. The SMILES string of the molecule is O=C(CCC(=O)OCC(=O)Nc1ccc(Oc2ccccc2)cc1)Nc1ccc(Oc2ccc(Cl)cc2Cl)cc1. The minimum absolute atomic E-state index is 0.109. The van der Waals surface area contributed by atoms with Gasteiger partial charge in [0.1, 0.15) is 23.0 Å². The van der Waals surface area contributed by atoms with Crippen LogP contribution in [0.2, 0.25) is 10.0 Å². The summed E-state index contributed by atoms with van der Waals surface area (Å²) >= 11 is 12.0. The Hall–Kier alpha value is -4.53. The molecule has 4 rings (SSSR count). The van der Waals surface area contributed by atoms with Crippen molar-refractivity contribution in [1.29, 1.82) is 0 Å².